The smallest absolute Gasteiger partial charge is 0.254 e. The van der Waals surface area contributed by atoms with Crippen LogP contribution in [0.1, 0.15) is 10.4 Å². The minimum absolute atomic E-state index is 0.0243. The molecule has 0 unspecified atom stereocenters. The number of pyridine rings is 1. The highest BCUT2D eigenvalue weighted by Gasteiger charge is 2.22. The van der Waals surface area contributed by atoms with Gasteiger partial charge < -0.3 is 9.80 Å². The van der Waals surface area contributed by atoms with Crippen molar-refractivity contribution in [1.82, 2.24) is 9.88 Å². The van der Waals surface area contributed by atoms with Crippen LogP contribution in [0.3, 0.4) is 0 Å². The van der Waals surface area contributed by atoms with Crippen LogP contribution in [0.15, 0.2) is 48.8 Å². The maximum atomic E-state index is 13.3. The first-order chi connectivity index (χ1) is 10.2. The van der Waals surface area contributed by atoms with E-state index in [2.05, 4.69) is 9.88 Å². The van der Waals surface area contributed by atoms with Gasteiger partial charge in [0.15, 0.2) is 0 Å². The van der Waals surface area contributed by atoms with E-state index in [4.69, 9.17) is 0 Å². The number of aromatic nitrogens is 1. The first kappa shape index (κ1) is 13.5. The van der Waals surface area contributed by atoms with Crippen molar-refractivity contribution < 1.29 is 9.18 Å². The lowest BCUT2D eigenvalue weighted by Gasteiger charge is -2.36. The predicted octanol–water partition coefficient (Wildman–Crippen LogP) is 2.18. The number of amides is 1. The molecule has 2 aromatic rings. The van der Waals surface area contributed by atoms with Gasteiger partial charge >= 0.3 is 0 Å². The van der Waals surface area contributed by atoms with Crippen LogP contribution in [0.5, 0.6) is 0 Å². The van der Waals surface area contributed by atoms with E-state index in [0.29, 0.717) is 31.7 Å². The summed E-state index contributed by atoms with van der Waals surface area (Å²) in [5.41, 5.74) is 1.52. The number of hydrogen-bond acceptors (Lipinski definition) is 3. The molecule has 1 fully saturated rings. The Kier molecular flexibility index (Phi) is 3.81. The van der Waals surface area contributed by atoms with Crippen molar-refractivity contribution in [3.8, 4) is 0 Å². The van der Waals surface area contributed by atoms with Gasteiger partial charge in [0, 0.05) is 49.8 Å². The van der Waals surface area contributed by atoms with Crippen LogP contribution in [0.4, 0.5) is 10.1 Å². The summed E-state index contributed by atoms with van der Waals surface area (Å²) in [5.74, 6) is -0.209. The standard InChI is InChI=1S/C16H16FN3O/c17-14-2-1-3-15(12-14)19-8-10-20(11-9-19)16(21)13-4-6-18-7-5-13/h1-7,12H,8-11H2. The molecule has 0 bridgehead atoms. The number of anilines is 1. The molecule has 0 saturated carbocycles. The topological polar surface area (TPSA) is 36.4 Å². The van der Waals surface area contributed by atoms with E-state index < -0.39 is 0 Å². The van der Waals surface area contributed by atoms with E-state index in [-0.39, 0.29) is 11.7 Å². The number of hydrogen-bond donors (Lipinski definition) is 0. The third-order valence-electron chi connectivity index (χ3n) is 3.67. The second-order valence-electron chi connectivity index (χ2n) is 5.00. The van der Waals surface area contributed by atoms with Crippen molar-refractivity contribution >= 4 is 11.6 Å². The summed E-state index contributed by atoms with van der Waals surface area (Å²) >= 11 is 0. The maximum Gasteiger partial charge on any atom is 0.254 e. The van der Waals surface area contributed by atoms with Crippen LogP contribution < -0.4 is 4.90 Å². The first-order valence-corrected chi connectivity index (χ1v) is 6.94. The Hall–Kier alpha value is -2.43. The molecule has 1 aromatic carbocycles. The number of halogens is 1. The lowest BCUT2D eigenvalue weighted by Crippen LogP contribution is -2.48. The van der Waals surface area contributed by atoms with E-state index in [1.54, 1.807) is 30.6 Å². The second-order valence-corrected chi connectivity index (χ2v) is 5.00. The summed E-state index contributed by atoms with van der Waals surface area (Å²) in [6.45, 7) is 2.69. The summed E-state index contributed by atoms with van der Waals surface area (Å²) < 4.78 is 13.3. The molecule has 4 nitrogen and oxygen atoms in total. The van der Waals surface area contributed by atoms with Gasteiger partial charge in [0.05, 0.1) is 0 Å². The number of nitrogens with zero attached hydrogens (tertiary/aromatic N) is 3. The minimum Gasteiger partial charge on any atom is -0.368 e. The molecule has 108 valence electrons. The molecule has 5 heteroatoms. The van der Waals surface area contributed by atoms with Gasteiger partial charge in [-0.3, -0.25) is 9.78 Å². The van der Waals surface area contributed by atoms with Crippen LogP contribution in [0.2, 0.25) is 0 Å². The molecule has 1 aliphatic heterocycles. The Morgan fingerprint density at radius 1 is 1.05 bits per heavy atom. The van der Waals surface area contributed by atoms with E-state index >= 15 is 0 Å². The highest BCUT2D eigenvalue weighted by Crippen LogP contribution is 2.18. The zero-order chi connectivity index (χ0) is 14.7. The summed E-state index contributed by atoms with van der Waals surface area (Å²) in [4.78, 5) is 20.2. The molecule has 0 aliphatic carbocycles. The fourth-order valence-electron chi connectivity index (χ4n) is 2.52. The highest BCUT2D eigenvalue weighted by atomic mass is 19.1. The van der Waals surface area contributed by atoms with E-state index in [1.807, 2.05) is 11.0 Å². The molecule has 0 N–H and O–H groups in total. The molecule has 21 heavy (non-hydrogen) atoms. The van der Waals surface area contributed by atoms with Crippen LogP contribution in [0, 0.1) is 5.82 Å². The van der Waals surface area contributed by atoms with Crippen molar-refractivity contribution in [3.05, 3.63) is 60.2 Å². The summed E-state index contributed by atoms with van der Waals surface area (Å²) in [5, 5.41) is 0. The number of carbonyl (C=O) groups is 1. The Morgan fingerprint density at radius 2 is 1.76 bits per heavy atom. The Bertz CT molecular complexity index is 624. The normalized spacial score (nSPS) is 15.1. The number of piperazine rings is 1. The van der Waals surface area contributed by atoms with Crippen molar-refractivity contribution in [2.45, 2.75) is 0 Å². The highest BCUT2D eigenvalue weighted by molar-refractivity contribution is 5.94. The lowest BCUT2D eigenvalue weighted by atomic mass is 10.2. The van der Waals surface area contributed by atoms with Gasteiger partial charge in [-0.25, -0.2) is 4.39 Å². The fraction of sp³-hybridized carbons (Fsp3) is 0.250. The third-order valence-corrected chi connectivity index (χ3v) is 3.67. The second kappa shape index (κ2) is 5.91. The van der Waals surface area contributed by atoms with Crippen molar-refractivity contribution in [3.63, 3.8) is 0 Å². The van der Waals surface area contributed by atoms with Crippen molar-refractivity contribution in [2.75, 3.05) is 31.1 Å². The fourth-order valence-corrected chi connectivity index (χ4v) is 2.52. The number of benzene rings is 1. The molecule has 0 radical (unpaired) electrons. The van der Waals surface area contributed by atoms with E-state index in [9.17, 15) is 9.18 Å². The van der Waals surface area contributed by atoms with Gasteiger partial charge in [-0.05, 0) is 30.3 Å². The largest absolute Gasteiger partial charge is 0.368 e. The first-order valence-electron chi connectivity index (χ1n) is 6.94. The molecular formula is C16H16FN3O. The van der Waals surface area contributed by atoms with Gasteiger partial charge in [-0.2, -0.15) is 0 Å². The Balaban J connectivity index is 1.64. The summed E-state index contributed by atoms with van der Waals surface area (Å²) in [6.07, 6.45) is 3.24. The summed E-state index contributed by atoms with van der Waals surface area (Å²) in [6, 6.07) is 10.0. The SMILES string of the molecule is O=C(c1ccncc1)N1CCN(c2cccc(F)c2)CC1. The quantitative estimate of drug-likeness (QED) is 0.848. The van der Waals surface area contributed by atoms with Crippen molar-refractivity contribution in [1.29, 1.82) is 0 Å². The van der Waals surface area contributed by atoms with Crippen LogP contribution >= 0.6 is 0 Å². The molecular weight excluding hydrogens is 269 g/mol. The molecule has 1 aromatic heterocycles. The zero-order valence-corrected chi connectivity index (χ0v) is 11.6. The van der Waals surface area contributed by atoms with Gasteiger partial charge in [-0.1, -0.05) is 6.07 Å². The van der Waals surface area contributed by atoms with Gasteiger partial charge in [0.1, 0.15) is 5.82 Å². The van der Waals surface area contributed by atoms with Gasteiger partial charge in [0.25, 0.3) is 5.91 Å². The average molecular weight is 285 g/mol. The number of rotatable bonds is 2. The molecule has 3 rings (SSSR count). The van der Waals surface area contributed by atoms with Crippen LogP contribution in [0.25, 0.3) is 0 Å². The molecule has 1 aliphatic rings. The molecule has 0 spiro atoms. The molecule has 0 atom stereocenters. The van der Waals surface area contributed by atoms with E-state index in [0.717, 1.165) is 5.69 Å². The lowest BCUT2D eigenvalue weighted by molar-refractivity contribution is 0.0746. The minimum atomic E-state index is -0.234. The average Bonchev–Trinajstić information content (AvgIpc) is 2.55. The van der Waals surface area contributed by atoms with Crippen LogP contribution in [-0.2, 0) is 0 Å². The third kappa shape index (κ3) is 3.02. The van der Waals surface area contributed by atoms with Crippen molar-refractivity contribution in [2.24, 2.45) is 0 Å². The van der Waals surface area contributed by atoms with E-state index in [1.165, 1.54) is 12.1 Å². The summed E-state index contributed by atoms with van der Waals surface area (Å²) in [7, 11) is 0. The number of carbonyl (C=O) groups excluding carboxylic acids is 1. The van der Waals surface area contributed by atoms with Gasteiger partial charge in [-0.15, -0.1) is 0 Å². The molecule has 1 saturated heterocycles. The zero-order valence-electron chi connectivity index (χ0n) is 11.6. The predicted molar refractivity (Wildman–Crippen MR) is 78.8 cm³/mol. The maximum absolute atomic E-state index is 13.3. The van der Waals surface area contributed by atoms with Crippen LogP contribution in [-0.4, -0.2) is 42.0 Å². The Morgan fingerprint density at radius 3 is 2.43 bits per heavy atom. The Labute approximate surface area is 122 Å². The van der Waals surface area contributed by atoms with Gasteiger partial charge in [0.2, 0.25) is 0 Å². The molecule has 1 amide bonds. The molecule has 2 heterocycles. The monoisotopic (exact) mass is 285 g/mol.